The van der Waals surface area contributed by atoms with Crippen molar-refractivity contribution >= 4 is 6.09 Å². The Morgan fingerprint density at radius 3 is 2.74 bits per heavy atom. The highest BCUT2D eigenvalue weighted by Crippen LogP contribution is 2.30. The normalized spacial score (nSPS) is 30.5. The molecule has 1 saturated carbocycles. The molecule has 1 amide bonds. The second kappa shape index (κ2) is 6.57. The van der Waals surface area contributed by atoms with Gasteiger partial charge in [0.05, 0.1) is 13.2 Å². The van der Waals surface area contributed by atoms with Crippen LogP contribution in [0.1, 0.15) is 39.0 Å². The van der Waals surface area contributed by atoms with Gasteiger partial charge in [0.25, 0.3) is 0 Å². The van der Waals surface area contributed by atoms with Crippen molar-refractivity contribution in [3.63, 3.8) is 0 Å². The molecule has 19 heavy (non-hydrogen) atoms. The highest BCUT2D eigenvalue weighted by molar-refractivity contribution is 5.67. The summed E-state index contributed by atoms with van der Waals surface area (Å²) in [6, 6.07) is 0.738. The molecule has 110 valence electrons. The van der Waals surface area contributed by atoms with E-state index in [1.807, 2.05) is 6.92 Å². The van der Waals surface area contributed by atoms with E-state index in [9.17, 15) is 9.90 Å². The Kier molecular flexibility index (Phi) is 5.05. The third-order valence-corrected chi connectivity index (χ3v) is 4.57. The number of hydrogen-bond acceptors (Lipinski definition) is 4. The minimum Gasteiger partial charge on any atom is -0.453 e. The van der Waals surface area contributed by atoms with Crippen molar-refractivity contribution in [2.75, 3.05) is 20.2 Å². The van der Waals surface area contributed by atoms with Crippen LogP contribution in [0.15, 0.2) is 0 Å². The number of nitrogens with zero attached hydrogens (tertiary/aromatic N) is 1. The second-order valence-corrected chi connectivity index (χ2v) is 5.84. The van der Waals surface area contributed by atoms with Crippen LogP contribution >= 0.6 is 0 Å². The second-order valence-electron chi connectivity index (χ2n) is 5.84. The van der Waals surface area contributed by atoms with E-state index >= 15 is 0 Å². The molecule has 3 unspecified atom stereocenters. The van der Waals surface area contributed by atoms with Gasteiger partial charge >= 0.3 is 6.09 Å². The number of amides is 1. The number of alkyl carbamates (subject to hydrolysis) is 1. The molecule has 2 rings (SSSR count). The highest BCUT2D eigenvalue weighted by Gasteiger charge is 2.36. The minimum atomic E-state index is -0.370. The number of aliphatic hydroxyl groups excluding tert-OH is 1. The van der Waals surface area contributed by atoms with Gasteiger partial charge in [0.1, 0.15) is 0 Å². The van der Waals surface area contributed by atoms with Crippen LogP contribution in [0.25, 0.3) is 0 Å². The van der Waals surface area contributed by atoms with Gasteiger partial charge in [-0.25, -0.2) is 4.79 Å². The van der Waals surface area contributed by atoms with Crippen molar-refractivity contribution < 1.29 is 14.6 Å². The first-order valence-corrected chi connectivity index (χ1v) is 7.40. The van der Waals surface area contributed by atoms with Crippen LogP contribution in [-0.4, -0.2) is 54.5 Å². The summed E-state index contributed by atoms with van der Waals surface area (Å²) < 4.78 is 4.68. The molecule has 1 aliphatic carbocycles. The minimum absolute atomic E-state index is 0.0907. The van der Waals surface area contributed by atoms with Gasteiger partial charge in [-0.15, -0.1) is 0 Å². The van der Waals surface area contributed by atoms with Crippen molar-refractivity contribution in [3.05, 3.63) is 0 Å². The van der Waals surface area contributed by atoms with Crippen LogP contribution in [-0.2, 0) is 4.74 Å². The Morgan fingerprint density at radius 2 is 2.21 bits per heavy atom. The monoisotopic (exact) mass is 270 g/mol. The zero-order valence-corrected chi connectivity index (χ0v) is 12.0. The first-order valence-electron chi connectivity index (χ1n) is 7.40. The molecule has 0 aromatic carbocycles. The van der Waals surface area contributed by atoms with Gasteiger partial charge < -0.3 is 15.2 Å². The Balaban J connectivity index is 1.96. The molecule has 2 aliphatic rings. The van der Waals surface area contributed by atoms with E-state index in [1.54, 1.807) is 0 Å². The van der Waals surface area contributed by atoms with Gasteiger partial charge in [-0.3, -0.25) is 4.90 Å². The van der Waals surface area contributed by atoms with E-state index in [0.717, 1.165) is 25.9 Å². The average Bonchev–Trinajstić information content (AvgIpc) is 2.35. The summed E-state index contributed by atoms with van der Waals surface area (Å²) in [7, 11) is 1.39. The molecule has 0 radical (unpaired) electrons. The molecular weight excluding hydrogens is 244 g/mol. The summed E-state index contributed by atoms with van der Waals surface area (Å²) in [6.45, 7) is 3.85. The van der Waals surface area contributed by atoms with E-state index in [4.69, 9.17) is 0 Å². The number of carbonyl (C=O) groups is 1. The number of piperidine rings is 1. The fraction of sp³-hybridized carbons (Fsp3) is 0.929. The third-order valence-electron chi connectivity index (χ3n) is 4.57. The Morgan fingerprint density at radius 1 is 1.47 bits per heavy atom. The molecular formula is C14H26N2O3. The van der Waals surface area contributed by atoms with Gasteiger partial charge in [0.2, 0.25) is 0 Å². The molecule has 0 aromatic heterocycles. The van der Waals surface area contributed by atoms with Gasteiger partial charge in [-0.2, -0.15) is 0 Å². The van der Waals surface area contributed by atoms with E-state index < -0.39 is 0 Å². The summed E-state index contributed by atoms with van der Waals surface area (Å²) >= 11 is 0. The fourth-order valence-electron chi connectivity index (χ4n) is 3.17. The van der Waals surface area contributed by atoms with Crippen LogP contribution in [0.5, 0.6) is 0 Å². The number of hydrogen-bond donors (Lipinski definition) is 2. The van der Waals surface area contributed by atoms with Crippen molar-refractivity contribution in [1.82, 2.24) is 10.2 Å². The quantitative estimate of drug-likeness (QED) is 0.809. The smallest absolute Gasteiger partial charge is 0.407 e. The molecule has 3 atom stereocenters. The van der Waals surface area contributed by atoms with Crippen LogP contribution in [0, 0.1) is 5.92 Å². The maximum atomic E-state index is 11.4. The third kappa shape index (κ3) is 3.60. The summed E-state index contributed by atoms with van der Waals surface area (Å²) in [5.74, 6) is 0.251. The van der Waals surface area contributed by atoms with Crippen LogP contribution in [0.2, 0.25) is 0 Å². The standard InChI is InChI=1S/C14H26N2O3/c1-3-13(17)10-7-11(15-14(18)19-2)9-16(8-10)12-5-4-6-12/h10-13,17H,3-9H2,1-2H3,(H,15,18). The van der Waals surface area contributed by atoms with Crippen LogP contribution in [0.4, 0.5) is 4.79 Å². The summed E-state index contributed by atoms with van der Waals surface area (Å²) in [5, 5.41) is 13.0. The predicted molar refractivity (Wildman–Crippen MR) is 72.9 cm³/mol. The molecule has 1 aliphatic heterocycles. The molecule has 0 aromatic rings. The first-order chi connectivity index (χ1) is 9.13. The maximum absolute atomic E-state index is 11.4. The number of methoxy groups -OCH3 is 1. The topological polar surface area (TPSA) is 61.8 Å². The Hall–Kier alpha value is -0.810. The SMILES string of the molecule is CCC(O)C1CC(NC(=O)OC)CN(C2CCC2)C1. The first kappa shape index (κ1) is 14.6. The number of ether oxygens (including phenoxy) is 1. The number of likely N-dealkylation sites (tertiary alicyclic amines) is 1. The Labute approximate surface area is 115 Å². The number of rotatable bonds is 4. The summed E-state index contributed by atoms with van der Waals surface area (Å²) in [4.78, 5) is 13.8. The lowest BCUT2D eigenvalue weighted by Crippen LogP contribution is -2.56. The van der Waals surface area contributed by atoms with Crippen molar-refractivity contribution in [3.8, 4) is 0 Å². The molecule has 5 heteroatoms. The molecule has 2 fully saturated rings. The van der Waals surface area contributed by atoms with Gasteiger partial charge in [-0.1, -0.05) is 13.3 Å². The van der Waals surface area contributed by atoms with Gasteiger partial charge in [0.15, 0.2) is 0 Å². The molecule has 1 heterocycles. The van der Waals surface area contributed by atoms with E-state index in [0.29, 0.717) is 6.04 Å². The van der Waals surface area contributed by atoms with E-state index in [1.165, 1.54) is 26.4 Å². The maximum Gasteiger partial charge on any atom is 0.407 e. The molecule has 5 nitrogen and oxygen atoms in total. The zero-order chi connectivity index (χ0) is 13.8. The van der Waals surface area contributed by atoms with Crippen molar-refractivity contribution in [2.24, 2.45) is 5.92 Å². The number of aliphatic hydroxyl groups is 1. The molecule has 2 N–H and O–H groups in total. The van der Waals surface area contributed by atoms with Crippen molar-refractivity contribution in [1.29, 1.82) is 0 Å². The summed E-state index contributed by atoms with van der Waals surface area (Å²) in [6.07, 6.45) is 4.77. The lowest BCUT2D eigenvalue weighted by Gasteiger charge is -2.46. The van der Waals surface area contributed by atoms with Crippen LogP contribution in [0.3, 0.4) is 0 Å². The highest BCUT2D eigenvalue weighted by atomic mass is 16.5. The molecule has 1 saturated heterocycles. The van der Waals surface area contributed by atoms with Crippen molar-refractivity contribution in [2.45, 2.75) is 57.2 Å². The Bertz CT molecular complexity index is 294. The molecule has 0 spiro atoms. The van der Waals surface area contributed by atoms with E-state index in [-0.39, 0.29) is 24.2 Å². The number of nitrogens with one attached hydrogen (secondary N) is 1. The lowest BCUT2D eigenvalue weighted by molar-refractivity contribution is 0.00293. The average molecular weight is 270 g/mol. The number of carbonyl (C=O) groups excluding carboxylic acids is 1. The van der Waals surface area contributed by atoms with Gasteiger partial charge in [-0.05, 0) is 31.6 Å². The zero-order valence-electron chi connectivity index (χ0n) is 12.0. The predicted octanol–water partition coefficient (Wildman–Crippen LogP) is 1.36. The lowest BCUT2D eigenvalue weighted by atomic mass is 9.84. The van der Waals surface area contributed by atoms with Crippen LogP contribution < -0.4 is 5.32 Å². The van der Waals surface area contributed by atoms with E-state index in [2.05, 4.69) is 15.0 Å². The summed E-state index contributed by atoms with van der Waals surface area (Å²) in [5.41, 5.74) is 0. The van der Waals surface area contributed by atoms with Gasteiger partial charge in [0, 0.05) is 25.2 Å². The molecule has 0 bridgehead atoms. The fourth-order valence-corrected chi connectivity index (χ4v) is 3.17. The largest absolute Gasteiger partial charge is 0.453 e.